The highest BCUT2D eigenvalue weighted by Crippen LogP contribution is 2.25. The van der Waals surface area contributed by atoms with Crippen LogP contribution in [0.3, 0.4) is 0 Å². The summed E-state index contributed by atoms with van der Waals surface area (Å²) in [7, 11) is 2.14. The maximum atomic E-state index is 2.67. The van der Waals surface area contributed by atoms with E-state index < -0.39 is 8.07 Å². The van der Waals surface area contributed by atoms with Crippen molar-refractivity contribution < 1.29 is 0 Å². The van der Waals surface area contributed by atoms with Gasteiger partial charge in [0, 0.05) is 0 Å². The first-order chi connectivity index (χ1) is 17.2. The van der Waals surface area contributed by atoms with Crippen LogP contribution in [0.5, 0.6) is 0 Å². The first-order valence-corrected chi connectivity index (χ1v) is 15.5. The van der Waals surface area contributed by atoms with Gasteiger partial charge in [-0.1, -0.05) is 128 Å². The van der Waals surface area contributed by atoms with Crippen LogP contribution < -0.4 is 15.6 Å². The van der Waals surface area contributed by atoms with Crippen LogP contribution in [0.4, 0.5) is 0 Å². The van der Waals surface area contributed by atoms with Gasteiger partial charge in [0.2, 0.25) is 0 Å². The fourth-order valence-electron chi connectivity index (χ4n) is 5.86. The van der Waals surface area contributed by atoms with Gasteiger partial charge in [0.1, 0.15) is 0 Å². The van der Waals surface area contributed by atoms with Crippen LogP contribution in [0.25, 0.3) is 0 Å². The molecule has 0 aliphatic carbocycles. The third kappa shape index (κ3) is 5.72. The van der Waals surface area contributed by atoms with Gasteiger partial charge >= 0.3 is 6.98 Å². The maximum Gasteiger partial charge on any atom is 0.337 e. The quantitative estimate of drug-likeness (QED) is 0.232. The summed E-state index contributed by atoms with van der Waals surface area (Å²) in [5.41, 5.74) is 0. The Labute approximate surface area is 214 Å². The minimum Gasteiger partial charge on any atom is -0.327 e. The van der Waals surface area contributed by atoms with E-state index in [2.05, 4.69) is 128 Å². The Morgan fingerprint density at radius 2 is 1.17 bits per heavy atom. The molecule has 3 aromatic carbocycles. The number of hydrogen-bond donors (Lipinski definition) is 0. The Bertz CT molecular complexity index is 948. The molecule has 0 spiro atoms. The first kappa shape index (κ1) is 25.7. The molecule has 0 unspecified atom stereocenters. The Hall–Kier alpha value is -2.40. The number of benzene rings is 3. The summed E-state index contributed by atoms with van der Waals surface area (Å²) in [6.45, 7) is 4.96. The van der Waals surface area contributed by atoms with Crippen molar-refractivity contribution in [3.63, 3.8) is 0 Å². The van der Waals surface area contributed by atoms with Gasteiger partial charge in [-0.25, -0.2) is 0 Å². The van der Waals surface area contributed by atoms with Crippen molar-refractivity contribution in [3.8, 4) is 0 Å². The topological polar surface area (TPSA) is 6.48 Å². The molecule has 0 N–H and O–H groups in total. The first-order valence-electron chi connectivity index (χ1n) is 13.5. The molecular weight excluding hydrogens is 439 g/mol. The van der Waals surface area contributed by atoms with Crippen LogP contribution in [-0.4, -0.2) is 51.9 Å². The number of allylic oxidation sites excluding steroid dienone is 1. The molecule has 1 fully saturated rings. The summed E-state index contributed by atoms with van der Waals surface area (Å²) in [5, 5.41) is 6.11. The Kier molecular flexibility index (Phi) is 9.20. The van der Waals surface area contributed by atoms with Crippen molar-refractivity contribution in [3.05, 3.63) is 102 Å². The van der Waals surface area contributed by atoms with E-state index >= 15 is 0 Å². The van der Waals surface area contributed by atoms with Gasteiger partial charge in [-0.2, -0.15) is 0 Å². The summed E-state index contributed by atoms with van der Waals surface area (Å²) in [6, 6.07) is 34.2. The number of unbranched alkanes of at least 4 members (excludes halogenated alkanes) is 3. The zero-order valence-electron chi connectivity index (χ0n) is 21.9. The van der Waals surface area contributed by atoms with Crippen molar-refractivity contribution >= 4 is 30.6 Å². The highest BCUT2D eigenvalue weighted by Gasteiger charge is 2.43. The molecule has 3 aromatic rings. The normalized spacial score (nSPS) is 16.0. The van der Waals surface area contributed by atoms with Crippen LogP contribution in [0.15, 0.2) is 102 Å². The van der Waals surface area contributed by atoms with Gasteiger partial charge in [-0.3, -0.25) is 0 Å². The largest absolute Gasteiger partial charge is 0.337 e. The molecule has 1 aliphatic rings. The van der Waals surface area contributed by atoms with Gasteiger partial charge < -0.3 is 9.62 Å². The minimum absolute atomic E-state index is 0.341. The monoisotopic (exact) mass is 480 g/mol. The molecular formula is C31H41BN2Si. The van der Waals surface area contributed by atoms with E-state index in [-0.39, 0.29) is 0 Å². The van der Waals surface area contributed by atoms with Crippen molar-refractivity contribution in [2.24, 2.45) is 0 Å². The minimum atomic E-state index is -2.45. The van der Waals surface area contributed by atoms with Crippen LogP contribution in [0, 0.1) is 0 Å². The molecule has 35 heavy (non-hydrogen) atoms. The molecule has 1 saturated heterocycles. The molecule has 4 heteroatoms. The second-order valence-corrected chi connectivity index (χ2v) is 14.0. The molecule has 4 rings (SSSR count). The van der Waals surface area contributed by atoms with Crippen molar-refractivity contribution in [1.29, 1.82) is 0 Å². The summed E-state index contributed by atoms with van der Waals surface area (Å²) in [5.74, 6) is 2.67. The summed E-state index contributed by atoms with van der Waals surface area (Å²) < 4.78 is 0. The third-order valence-corrected chi connectivity index (χ3v) is 12.7. The predicted molar refractivity (Wildman–Crippen MR) is 156 cm³/mol. The van der Waals surface area contributed by atoms with E-state index in [1.165, 1.54) is 47.7 Å². The zero-order valence-corrected chi connectivity index (χ0v) is 22.9. The highest BCUT2D eigenvalue weighted by atomic mass is 28.3. The maximum absolute atomic E-state index is 2.67. The van der Waals surface area contributed by atoms with E-state index in [0.717, 1.165) is 19.5 Å². The molecule has 1 heterocycles. The average molecular weight is 481 g/mol. The second kappa shape index (κ2) is 12.5. The molecule has 1 aliphatic heterocycles. The average Bonchev–Trinajstić information content (AvgIpc) is 2.90. The lowest BCUT2D eigenvalue weighted by molar-refractivity contribution is 0.351. The van der Waals surface area contributed by atoms with Crippen LogP contribution in [-0.2, 0) is 0 Å². The SMILES string of the molecule is CCCCCC/C(=C/B1N(C)CCCN1C)[Si](c1ccccc1)(c1ccccc1)c1ccccc1. The Morgan fingerprint density at radius 1 is 0.714 bits per heavy atom. The van der Waals surface area contributed by atoms with Crippen molar-refractivity contribution in [2.75, 3.05) is 27.2 Å². The van der Waals surface area contributed by atoms with Gasteiger partial charge in [-0.05, 0) is 62.0 Å². The standard InChI is InChI=1S/C31H41BN2Si/c1-4-5-6-10-24-31(27-32-33(2)25-17-26-34(32)3)35(28-18-11-7-12-19-28,29-20-13-8-14-21-29)30-22-15-9-16-23-30/h7-9,11-16,18-23,27H,4-6,10,17,24-26H2,1-3H3/b31-27-. The summed E-state index contributed by atoms with van der Waals surface area (Å²) >= 11 is 0. The molecule has 0 radical (unpaired) electrons. The van der Waals surface area contributed by atoms with E-state index in [9.17, 15) is 0 Å². The van der Waals surface area contributed by atoms with Gasteiger partial charge in [-0.15, -0.1) is 0 Å². The summed E-state index contributed by atoms with van der Waals surface area (Å²) in [4.78, 5) is 5.07. The smallest absolute Gasteiger partial charge is 0.327 e. The molecule has 0 amide bonds. The lowest BCUT2D eigenvalue weighted by Crippen LogP contribution is -2.69. The highest BCUT2D eigenvalue weighted by molar-refractivity contribution is 7.16. The van der Waals surface area contributed by atoms with Crippen molar-refractivity contribution in [1.82, 2.24) is 9.62 Å². The zero-order chi connectivity index (χ0) is 24.5. The second-order valence-electron chi connectivity index (χ2n) is 10.1. The molecule has 0 aromatic heterocycles. The third-order valence-electron chi connectivity index (χ3n) is 7.68. The van der Waals surface area contributed by atoms with E-state index in [1.807, 2.05) is 0 Å². The number of hydrogen-bond acceptors (Lipinski definition) is 2. The fraction of sp³-hybridized carbons (Fsp3) is 0.355. The Balaban J connectivity index is 1.98. The predicted octanol–water partition coefficient (Wildman–Crippen LogP) is 4.89. The van der Waals surface area contributed by atoms with Gasteiger partial charge in [0.15, 0.2) is 8.07 Å². The van der Waals surface area contributed by atoms with Gasteiger partial charge in [0.05, 0.1) is 0 Å². The Morgan fingerprint density at radius 3 is 1.60 bits per heavy atom. The molecule has 2 nitrogen and oxygen atoms in total. The van der Waals surface area contributed by atoms with Crippen molar-refractivity contribution in [2.45, 2.75) is 45.4 Å². The van der Waals surface area contributed by atoms with E-state index in [0.29, 0.717) is 6.98 Å². The lowest BCUT2D eigenvalue weighted by atomic mass is 9.69. The van der Waals surface area contributed by atoms with E-state index in [4.69, 9.17) is 0 Å². The van der Waals surface area contributed by atoms with Crippen LogP contribution in [0.1, 0.15) is 45.4 Å². The van der Waals surface area contributed by atoms with E-state index in [1.54, 1.807) is 5.20 Å². The van der Waals surface area contributed by atoms with Crippen LogP contribution in [0.2, 0.25) is 0 Å². The summed E-state index contributed by atoms with van der Waals surface area (Å²) in [6.07, 6.45) is 7.53. The molecule has 182 valence electrons. The molecule has 0 atom stereocenters. The molecule has 0 saturated carbocycles. The van der Waals surface area contributed by atoms with Crippen LogP contribution >= 0.6 is 0 Å². The van der Waals surface area contributed by atoms with Gasteiger partial charge in [0.25, 0.3) is 0 Å². The number of rotatable bonds is 10. The lowest BCUT2D eigenvalue weighted by Gasteiger charge is -2.40. The molecule has 0 bridgehead atoms. The number of nitrogens with zero attached hydrogens (tertiary/aromatic N) is 2. The fourth-order valence-corrected chi connectivity index (χ4v) is 11.0.